The lowest BCUT2D eigenvalue weighted by Gasteiger charge is -2.13. The van der Waals surface area contributed by atoms with Gasteiger partial charge in [-0.1, -0.05) is 30.7 Å². The van der Waals surface area contributed by atoms with E-state index in [-0.39, 0.29) is 17.7 Å². The first kappa shape index (κ1) is 23.6. The molecule has 0 unspecified atom stereocenters. The number of amides is 3. The smallest absolute Gasteiger partial charge is 0.261 e. The highest BCUT2D eigenvalue weighted by atomic mass is 32.1. The number of fused-ring (bicyclic) bond motifs is 1. The molecule has 5 rings (SSSR count). The fourth-order valence-electron chi connectivity index (χ4n) is 4.19. The molecule has 0 atom stereocenters. The molecule has 0 saturated carbocycles. The van der Waals surface area contributed by atoms with Gasteiger partial charge in [0.1, 0.15) is 5.01 Å². The average molecular weight is 497 g/mol. The number of nitrogens with one attached hydrogen (secondary N) is 1. The Labute approximate surface area is 212 Å². The van der Waals surface area contributed by atoms with E-state index >= 15 is 0 Å². The van der Waals surface area contributed by atoms with Gasteiger partial charge in [-0.3, -0.25) is 24.3 Å². The molecule has 2 aromatic heterocycles. The Bertz CT molecular complexity index is 1380. The zero-order valence-electron chi connectivity index (χ0n) is 19.5. The zero-order valence-corrected chi connectivity index (χ0v) is 20.3. The number of pyridine rings is 1. The monoisotopic (exact) mass is 496 g/mol. The molecule has 1 aliphatic heterocycles. The van der Waals surface area contributed by atoms with Crippen molar-refractivity contribution in [2.24, 2.45) is 0 Å². The molecule has 0 saturated heterocycles. The van der Waals surface area contributed by atoms with Gasteiger partial charge in [-0.2, -0.15) is 0 Å². The van der Waals surface area contributed by atoms with Crippen LogP contribution in [0.25, 0.3) is 21.8 Å². The lowest BCUT2D eigenvalue weighted by molar-refractivity contribution is -0.116. The maximum Gasteiger partial charge on any atom is 0.261 e. The van der Waals surface area contributed by atoms with Gasteiger partial charge >= 0.3 is 0 Å². The number of rotatable bonds is 9. The highest BCUT2D eigenvalue weighted by Gasteiger charge is 2.34. The molecule has 2 aromatic carbocycles. The first-order valence-corrected chi connectivity index (χ1v) is 12.7. The standard InChI is InChI=1S/C28H24N4O3S/c33-25(11-2-1-5-16-32-27(34)22-9-3-4-10-23(22)28(32)35)30-21-8-6-7-20(17-21)24-18-36-26(31-24)19-12-14-29-15-13-19/h3-4,6-10,12-15,17-18H,1-2,5,11,16H2,(H,30,33). The lowest BCUT2D eigenvalue weighted by atomic mass is 10.1. The number of benzene rings is 2. The van der Waals surface area contributed by atoms with E-state index in [0.29, 0.717) is 36.9 Å². The van der Waals surface area contributed by atoms with Crippen molar-refractivity contribution < 1.29 is 14.4 Å². The number of thiazole rings is 1. The van der Waals surface area contributed by atoms with Gasteiger partial charge in [0.25, 0.3) is 11.8 Å². The average Bonchev–Trinajstić information content (AvgIpc) is 3.49. The van der Waals surface area contributed by atoms with Gasteiger partial charge in [0.05, 0.1) is 16.8 Å². The van der Waals surface area contributed by atoms with Crippen molar-refractivity contribution in [3.8, 4) is 21.8 Å². The van der Waals surface area contributed by atoms with E-state index < -0.39 is 0 Å². The van der Waals surface area contributed by atoms with Crippen LogP contribution in [0.3, 0.4) is 0 Å². The minimum Gasteiger partial charge on any atom is -0.326 e. The number of unbranched alkanes of at least 4 members (excludes halogenated alkanes) is 2. The van der Waals surface area contributed by atoms with Crippen LogP contribution in [0.1, 0.15) is 46.4 Å². The molecule has 0 radical (unpaired) electrons. The molecule has 180 valence electrons. The maximum atomic E-state index is 12.5. The van der Waals surface area contributed by atoms with Crippen LogP contribution in [-0.2, 0) is 4.79 Å². The van der Waals surface area contributed by atoms with E-state index in [4.69, 9.17) is 4.98 Å². The number of carbonyl (C=O) groups is 3. The summed E-state index contributed by atoms with van der Waals surface area (Å²) in [5, 5.41) is 5.88. The highest BCUT2D eigenvalue weighted by molar-refractivity contribution is 7.13. The fraction of sp³-hybridized carbons (Fsp3) is 0.179. The van der Waals surface area contributed by atoms with Crippen LogP contribution < -0.4 is 5.32 Å². The van der Waals surface area contributed by atoms with Crippen molar-refractivity contribution >= 4 is 34.7 Å². The Hall–Kier alpha value is -4.17. The normalized spacial score (nSPS) is 12.6. The summed E-state index contributed by atoms with van der Waals surface area (Å²) in [6, 6.07) is 18.4. The summed E-state index contributed by atoms with van der Waals surface area (Å²) in [7, 11) is 0. The summed E-state index contributed by atoms with van der Waals surface area (Å²) in [5.74, 6) is -0.536. The number of anilines is 1. The molecule has 8 heteroatoms. The summed E-state index contributed by atoms with van der Waals surface area (Å²) in [4.78, 5) is 47.4. The van der Waals surface area contributed by atoms with Gasteiger partial charge in [-0.05, 0) is 49.2 Å². The SMILES string of the molecule is O=C(CCCCCN1C(=O)c2ccccc2C1=O)Nc1cccc(-c2csc(-c3ccncc3)n2)c1. The van der Waals surface area contributed by atoms with E-state index in [1.54, 1.807) is 48.0 Å². The van der Waals surface area contributed by atoms with Gasteiger partial charge in [-0.25, -0.2) is 4.98 Å². The molecule has 3 amide bonds. The van der Waals surface area contributed by atoms with E-state index in [0.717, 1.165) is 33.9 Å². The summed E-state index contributed by atoms with van der Waals surface area (Å²) in [6.07, 6.45) is 5.95. The first-order chi connectivity index (χ1) is 17.6. The summed E-state index contributed by atoms with van der Waals surface area (Å²) < 4.78 is 0. The quantitative estimate of drug-likeness (QED) is 0.238. The fourth-order valence-corrected chi connectivity index (χ4v) is 5.02. The van der Waals surface area contributed by atoms with Crippen molar-refractivity contribution in [3.63, 3.8) is 0 Å². The second-order valence-electron chi connectivity index (χ2n) is 8.52. The predicted octanol–water partition coefficient (Wildman–Crippen LogP) is 5.67. The van der Waals surface area contributed by atoms with Crippen molar-refractivity contribution in [1.82, 2.24) is 14.9 Å². The Morgan fingerprint density at radius 3 is 2.36 bits per heavy atom. The predicted molar refractivity (Wildman–Crippen MR) is 140 cm³/mol. The highest BCUT2D eigenvalue weighted by Crippen LogP contribution is 2.30. The molecule has 4 aromatic rings. The van der Waals surface area contributed by atoms with Crippen LogP contribution in [-0.4, -0.2) is 39.1 Å². The van der Waals surface area contributed by atoms with Crippen molar-refractivity contribution in [2.45, 2.75) is 25.7 Å². The third-order valence-electron chi connectivity index (χ3n) is 6.04. The van der Waals surface area contributed by atoms with E-state index in [9.17, 15) is 14.4 Å². The first-order valence-electron chi connectivity index (χ1n) is 11.8. The van der Waals surface area contributed by atoms with Crippen LogP contribution in [0.15, 0.2) is 78.4 Å². The molecule has 0 fully saturated rings. The van der Waals surface area contributed by atoms with Crippen LogP contribution >= 0.6 is 11.3 Å². The van der Waals surface area contributed by atoms with E-state index in [1.165, 1.54) is 4.90 Å². The number of hydrogen-bond acceptors (Lipinski definition) is 6. The molecular formula is C28H24N4O3S. The third-order valence-corrected chi connectivity index (χ3v) is 6.93. The van der Waals surface area contributed by atoms with Crippen LogP contribution in [0.4, 0.5) is 5.69 Å². The Balaban J connectivity index is 1.09. The van der Waals surface area contributed by atoms with Gasteiger partial charge in [0.2, 0.25) is 5.91 Å². The molecular weight excluding hydrogens is 472 g/mol. The molecule has 7 nitrogen and oxygen atoms in total. The molecule has 36 heavy (non-hydrogen) atoms. The summed E-state index contributed by atoms with van der Waals surface area (Å²) in [6.45, 7) is 0.366. The van der Waals surface area contributed by atoms with Gasteiger partial charge < -0.3 is 5.32 Å². The molecule has 0 bridgehead atoms. The number of carbonyl (C=O) groups excluding carboxylic acids is 3. The van der Waals surface area contributed by atoms with Crippen LogP contribution in [0.5, 0.6) is 0 Å². The minimum absolute atomic E-state index is 0.0661. The number of hydrogen-bond donors (Lipinski definition) is 1. The summed E-state index contributed by atoms with van der Waals surface area (Å²) >= 11 is 1.57. The van der Waals surface area contributed by atoms with Gasteiger partial charge in [0.15, 0.2) is 0 Å². The van der Waals surface area contributed by atoms with Crippen LogP contribution in [0.2, 0.25) is 0 Å². The minimum atomic E-state index is -0.235. The van der Waals surface area contributed by atoms with Gasteiger partial charge in [0, 0.05) is 47.6 Å². The van der Waals surface area contributed by atoms with Crippen LogP contribution in [0, 0.1) is 0 Å². The number of nitrogens with zero attached hydrogens (tertiary/aromatic N) is 3. The van der Waals surface area contributed by atoms with Gasteiger partial charge in [-0.15, -0.1) is 11.3 Å². The van der Waals surface area contributed by atoms with Crippen molar-refractivity contribution in [1.29, 1.82) is 0 Å². The molecule has 3 heterocycles. The molecule has 1 aliphatic rings. The number of aromatic nitrogens is 2. The third kappa shape index (κ3) is 5.08. The van der Waals surface area contributed by atoms with E-state index in [2.05, 4.69) is 10.3 Å². The topological polar surface area (TPSA) is 92.3 Å². The second-order valence-corrected chi connectivity index (χ2v) is 9.38. The zero-order chi connectivity index (χ0) is 24.9. The molecule has 0 spiro atoms. The Morgan fingerprint density at radius 2 is 1.61 bits per heavy atom. The number of imide groups is 1. The Kier molecular flexibility index (Phi) is 6.95. The van der Waals surface area contributed by atoms with E-state index in [1.807, 2.05) is 41.8 Å². The molecule has 1 N–H and O–H groups in total. The lowest BCUT2D eigenvalue weighted by Crippen LogP contribution is -2.30. The van der Waals surface area contributed by atoms with Crippen molar-refractivity contribution in [3.05, 3.63) is 89.6 Å². The molecule has 0 aliphatic carbocycles. The Morgan fingerprint density at radius 1 is 0.861 bits per heavy atom. The maximum absolute atomic E-state index is 12.5. The summed E-state index contributed by atoms with van der Waals surface area (Å²) in [5.41, 5.74) is 4.47. The largest absolute Gasteiger partial charge is 0.326 e. The second kappa shape index (κ2) is 10.6. The van der Waals surface area contributed by atoms with Crippen molar-refractivity contribution in [2.75, 3.05) is 11.9 Å².